The van der Waals surface area contributed by atoms with E-state index in [1.165, 1.54) is 5.56 Å². The van der Waals surface area contributed by atoms with Crippen LogP contribution < -0.4 is 10.6 Å². The van der Waals surface area contributed by atoms with E-state index in [9.17, 15) is 4.79 Å². The molecule has 0 radical (unpaired) electrons. The number of carbonyl (C=O) groups is 1. The van der Waals surface area contributed by atoms with Gasteiger partial charge in [-0.2, -0.15) is 0 Å². The van der Waals surface area contributed by atoms with Crippen LogP contribution >= 0.6 is 15.9 Å². The average molecular weight is 350 g/mol. The van der Waals surface area contributed by atoms with Gasteiger partial charge >= 0.3 is 6.09 Å². The summed E-state index contributed by atoms with van der Waals surface area (Å²) >= 11 is 3.51. The first kappa shape index (κ1) is 15.3. The number of ether oxygens (including phenoxy) is 1. The Morgan fingerprint density at radius 3 is 2.76 bits per heavy atom. The molecule has 0 atom stereocenters. The van der Waals surface area contributed by atoms with Crippen LogP contribution in [0.5, 0.6) is 0 Å². The summed E-state index contributed by atoms with van der Waals surface area (Å²) in [6, 6.07) is 9.59. The van der Waals surface area contributed by atoms with Crippen molar-refractivity contribution in [2.24, 2.45) is 0 Å². The Morgan fingerprint density at radius 2 is 2.14 bits per heavy atom. The van der Waals surface area contributed by atoms with E-state index in [1.54, 1.807) is 19.2 Å². The van der Waals surface area contributed by atoms with Crippen LogP contribution in [0.3, 0.4) is 0 Å². The topological polar surface area (TPSA) is 63.2 Å². The van der Waals surface area contributed by atoms with Gasteiger partial charge in [-0.15, -0.1) is 0 Å². The summed E-state index contributed by atoms with van der Waals surface area (Å²) in [5.41, 5.74) is 2.96. The molecular formula is C15H16BrN3O2. The van der Waals surface area contributed by atoms with Gasteiger partial charge in [-0.25, -0.2) is 9.78 Å². The molecule has 0 bridgehead atoms. The highest BCUT2D eigenvalue weighted by Crippen LogP contribution is 2.26. The molecule has 6 heteroatoms. The molecule has 1 aromatic carbocycles. The minimum Gasteiger partial charge on any atom is -0.450 e. The third-order valence-electron chi connectivity index (χ3n) is 2.67. The maximum atomic E-state index is 11.3. The Morgan fingerprint density at radius 1 is 1.33 bits per heavy atom. The summed E-state index contributed by atoms with van der Waals surface area (Å²) in [6.45, 7) is 4.11. The lowest BCUT2D eigenvalue weighted by Crippen LogP contribution is -2.14. The van der Waals surface area contributed by atoms with Crippen molar-refractivity contribution >= 4 is 39.2 Å². The molecule has 1 aromatic heterocycles. The highest BCUT2D eigenvalue weighted by molar-refractivity contribution is 9.10. The third-order valence-corrected chi connectivity index (χ3v) is 3.33. The van der Waals surface area contributed by atoms with Crippen molar-refractivity contribution < 1.29 is 9.53 Å². The standard InChI is InChI=1S/C15H16BrN3O2/c1-3-21-15(20)19-14-7-5-11(9-17-14)18-13-6-4-10(2)8-12(13)16/h4-9,18H,3H2,1-2H3,(H,17,19,20). The minimum absolute atomic E-state index is 0.326. The second-order valence-electron chi connectivity index (χ2n) is 4.39. The molecule has 2 N–H and O–H groups in total. The van der Waals surface area contributed by atoms with Crippen LogP contribution in [-0.2, 0) is 4.74 Å². The lowest BCUT2D eigenvalue weighted by atomic mass is 10.2. The Kier molecular flexibility index (Phi) is 5.16. The van der Waals surface area contributed by atoms with Crippen LogP contribution in [0.15, 0.2) is 41.0 Å². The zero-order valence-electron chi connectivity index (χ0n) is 11.8. The number of anilines is 3. The van der Waals surface area contributed by atoms with Gasteiger partial charge in [-0.3, -0.25) is 5.32 Å². The number of pyridine rings is 1. The Bertz CT molecular complexity index is 629. The fourth-order valence-corrected chi connectivity index (χ4v) is 2.28. The summed E-state index contributed by atoms with van der Waals surface area (Å²) in [5.74, 6) is 0.446. The molecule has 2 rings (SSSR count). The second kappa shape index (κ2) is 7.08. The molecule has 0 aliphatic rings. The van der Waals surface area contributed by atoms with Crippen LogP contribution in [0.25, 0.3) is 0 Å². The van der Waals surface area contributed by atoms with Crippen LogP contribution in [0, 0.1) is 6.92 Å². The van der Waals surface area contributed by atoms with E-state index in [1.807, 2.05) is 31.2 Å². The van der Waals surface area contributed by atoms with Crippen molar-refractivity contribution in [2.75, 3.05) is 17.2 Å². The smallest absolute Gasteiger partial charge is 0.412 e. The fourth-order valence-electron chi connectivity index (χ4n) is 1.69. The highest BCUT2D eigenvalue weighted by Gasteiger charge is 2.04. The zero-order chi connectivity index (χ0) is 15.2. The molecule has 1 amide bonds. The minimum atomic E-state index is -0.507. The largest absolute Gasteiger partial charge is 0.450 e. The number of aromatic nitrogens is 1. The molecule has 2 aromatic rings. The molecule has 5 nitrogen and oxygen atoms in total. The van der Waals surface area contributed by atoms with E-state index in [-0.39, 0.29) is 0 Å². The van der Waals surface area contributed by atoms with Crippen molar-refractivity contribution in [2.45, 2.75) is 13.8 Å². The van der Waals surface area contributed by atoms with E-state index in [0.717, 1.165) is 15.8 Å². The third kappa shape index (κ3) is 4.46. The van der Waals surface area contributed by atoms with Gasteiger partial charge in [0.05, 0.1) is 24.2 Å². The lowest BCUT2D eigenvalue weighted by Gasteiger charge is -2.10. The number of carbonyl (C=O) groups excluding carboxylic acids is 1. The summed E-state index contributed by atoms with van der Waals surface area (Å²) in [4.78, 5) is 15.4. The first-order valence-electron chi connectivity index (χ1n) is 6.51. The van der Waals surface area contributed by atoms with Crippen molar-refractivity contribution in [3.8, 4) is 0 Å². The molecule has 1 heterocycles. The predicted octanol–water partition coefficient (Wildman–Crippen LogP) is 4.46. The van der Waals surface area contributed by atoms with Gasteiger partial charge in [-0.05, 0) is 59.6 Å². The fraction of sp³-hybridized carbons (Fsp3) is 0.200. The molecule has 21 heavy (non-hydrogen) atoms. The van der Waals surface area contributed by atoms with Gasteiger partial charge < -0.3 is 10.1 Å². The maximum absolute atomic E-state index is 11.3. The van der Waals surface area contributed by atoms with Crippen LogP contribution in [0.4, 0.5) is 22.0 Å². The van der Waals surface area contributed by atoms with E-state index in [4.69, 9.17) is 4.74 Å². The van der Waals surface area contributed by atoms with Gasteiger partial charge in [-0.1, -0.05) is 6.07 Å². The van der Waals surface area contributed by atoms with E-state index in [2.05, 4.69) is 31.5 Å². The van der Waals surface area contributed by atoms with Crippen LogP contribution in [-0.4, -0.2) is 17.7 Å². The summed E-state index contributed by atoms with van der Waals surface area (Å²) in [5, 5.41) is 5.80. The van der Waals surface area contributed by atoms with Gasteiger partial charge in [0, 0.05) is 4.47 Å². The summed E-state index contributed by atoms with van der Waals surface area (Å²) in [6.07, 6.45) is 1.14. The Labute approximate surface area is 131 Å². The van der Waals surface area contributed by atoms with E-state index >= 15 is 0 Å². The van der Waals surface area contributed by atoms with E-state index < -0.39 is 6.09 Å². The van der Waals surface area contributed by atoms with Crippen LogP contribution in [0.2, 0.25) is 0 Å². The average Bonchev–Trinajstić information content (AvgIpc) is 2.44. The van der Waals surface area contributed by atoms with Gasteiger partial charge in [0.25, 0.3) is 0 Å². The highest BCUT2D eigenvalue weighted by atomic mass is 79.9. The molecule has 0 unspecified atom stereocenters. The predicted molar refractivity (Wildman–Crippen MR) is 87.0 cm³/mol. The van der Waals surface area contributed by atoms with Gasteiger partial charge in [0.2, 0.25) is 0 Å². The first-order valence-corrected chi connectivity index (χ1v) is 7.31. The molecule has 0 saturated heterocycles. The molecule has 110 valence electrons. The normalized spacial score (nSPS) is 10.0. The molecule has 0 fully saturated rings. The SMILES string of the molecule is CCOC(=O)Nc1ccc(Nc2ccc(C)cc2Br)cn1. The number of benzene rings is 1. The van der Waals surface area contributed by atoms with Crippen molar-refractivity contribution in [3.05, 3.63) is 46.6 Å². The molecular weight excluding hydrogens is 334 g/mol. The van der Waals surface area contributed by atoms with Crippen molar-refractivity contribution in [1.29, 1.82) is 0 Å². The number of halogens is 1. The number of nitrogens with one attached hydrogen (secondary N) is 2. The quantitative estimate of drug-likeness (QED) is 0.854. The Balaban J connectivity index is 2.03. The number of hydrogen-bond acceptors (Lipinski definition) is 4. The Hall–Kier alpha value is -2.08. The number of aryl methyl sites for hydroxylation is 1. The number of nitrogens with zero attached hydrogens (tertiary/aromatic N) is 1. The molecule has 0 saturated carbocycles. The summed E-state index contributed by atoms with van der Waals surface area (Å²) in [7, 11) is 0. The monoisotopic (exact) mass is 349 g/mol. The van der Waals surface area contributed by atoms with Gasteiger partial charge in [0.1, 0.15) is 5.82 Å². The first-order chi connectivity index (χ1) is 10.1. The molecule has 0 aliphatic carbocycles. The van der Waals surface area contributed by atoms with Gasteiger partial charge in [0.15, 0.2) is 0 Å². The number of amides is 1. The summed E-state index contributed by atoms with van der Waals surface area (Å²) < 4.78 is 5.77. The zero-order valence-corrected chi connectivity index (χ0v) is 13.4. The molecule has 0 spiro atoms. The van der Waals surface area contributed by atoms with Crippen molar-refractivity contribution in [3.63, 3.8) is 0 Å². The molecule has 0 aliphatic heterocycles. The lowest BCUT2D eigenvalue weighted by molar-refractivity contribution is 0.168. The van der Waals surface area contributed by atoms with Crippen molar-refractivity contribution in [1.82, 2.24) is 4.98 Å². The van der Waals surface area contributed by atoms with Crippen LogP contribution in [0.1, 0.15) is 12.5 Å². The van der Waals surface area contributed by atoms with E-state index in [0.29, 0.717) is 12.4 Å². The second-order valence-corrected chi connectivity index (χ2v) is 5.24. The maximum Gasteiger partial charge on any atom is 0.412 e. The number of rotatable bonds is 4. The number of hydrogen-bond donors (Lipinski definition) is 2.